The Hall–Kier alpha value is -9.76. The molecule has 12 aromatic carbocycles. The molecule has 0 aromatic heterocycles. The molecule has 0 saturated heterocycles. The second kappa shape index (κ2) is 50.5. The van der Waals surface area contributed by atoms with Gasteiger partial charge in [-0.05, 0) is 201 Å². The van der Waals surface area contributed by atoms with Gasteiger partial charge in [-0.3, -0.25) is 0 Å². The SMILES string of the molecule is COc1ccccc1C.Cc1cc(F)cc(F)c1.Cc1ccc(C)cc1.Cc1ccc(C)cc1.Cc1ccc(C)cc1.Cc1ccc(C)cc1.Cc1ccc(C)cc1.Cc1cccc(C(F)(F)F)c1.Cc1cccc(C)c1.Cc1cccc(F)c1.Cc1ccccc1Cl.Cc1ccccc1F. The Morgan fingerprint density at radius 3 is 0.713 bits per heavy atom. The minimum absolute atomic E-state index is 0.132. The Labute approximate surface area is 606 Å². The van der Waals surface area contributed by atoms with E-state index in [1.807, 2.05) is 81.4 Å². The van der Waals surface area contributed by atoms with Gasteiger partial charge in [-0.25, -0.2) is 17.6 Å². The average molecular weight is 1390 g/mol. The van der Waals surface area contributed by atoms with Gasteiger partial charge in [0.2, 0.25) is 0 Å². The van der Waals surface area contributed by atoms with Crippen LogP contribution in [0.2, 0.25) is 5.02 Å². The molecule has 1 nitrogen and oxygen atoms in total. The smallest absolute Gasteiger partial charge is 0.416 e. The highest BCUT2D eigenvalue weighted by atomic mass is 35.5. The summed E-state index contributed by atoms with van der Waals surface area (Å²) in [6.45, 7) is 36.1. The van der Waals surface area contributed by atoms with E-state index >= 15 is 0 Å². The summed E-state index contributed by atoms with van der Waals surface area (Å²) in [5.41, 5.74) is 20.6. The molecular weight excluding hydrogens is 1290 g/mol. The monoisotopic (exact) mass is 1390 g/mol. The highest BCUT2D eigenvalue weighted by Crippen LogP contribution is 2.29. The number of hydrogen-bond acceptors (Lipinski definition) is 1. The van der Waals surface area contributed by atoms with Gasteiger partial charge in [0.15, 0.2) is 0 Å². The molecule has 0 atom stereocenters. The first-order chi connectivity index (χ1) is 47.6. The van der Waals surface area contributed by atoms with Crippen molar-refractivity contribution < 1.29 is 35.5 Å². The van der Waals surface area contributed by atoms with Crippen LogP contribution in [0, 0.1) is 148 Å². The molecular formula is C92H104ClF7O. The molecule has 0 bridgehead atoms. The van der Waals surface area contributed by atoms with E-state index in [1.165, 1.54) is 109 Å². The molecule has 101 heavy (non-hydrogen) atoms. The second-order valence-corrected chi connectivity index (χ2v) is 24.9. The molecule has 0 aliphatic rings. The Bertz CT molecular complexity index is 3570. The van der Waals surface area contributed by atoms with E-state index in [0.717, 1.165) is 40.1 Å². The Morgan fingerprint density at radius 2 is 0.515 bits per heavy atom. The largest absolute Gasteiger partial charge is 0.496 e. The summed E-state index contributed by atoms with van der Waals surface area (Å²) in [4.78, 5) is 0. The van der Waals surface area contributed by atoms with E-state index in [9.17, 15) is 30.7 Å². The van der Waals surface area contributed by atoms with Gasteiger partial charge in [0.05, 0.1) is 12.7 Å². The van der Waals surface area contributed by atoms with Gasteiger partial charge in [0, 0.05) is 11.1 Å². The lowest BCUT2D eigenvalue weighted by atomic mass is 10.1. The Balaban J connectivity index is 0.000000551. The highest BCUT2D eigenvalue weighted by Gasteiger charge is 2.30. The summed E-state index contributed by atoms with van der Waals surface area (Å²) < 4.78 is 89.8. The van der Waals surface area contributed by atoms with Crippen LogP contribution in [0.4, 0.5) is 30.7 Å². The van der Waals surface area contributed by atoms with Gasteiger partial charge < -0.3 is 4.74 Å². The number of para-hydroxylation sites is 1. The van der Waals surface area contributed by atoms with Crippen LogP contribution in [-0.2, 0) is 6.18 Å². The van der Waals surface area contributed by atoms with Crippen LogP contribution in [0.25, 0.3) is 0 Å². The normalized spacial score (nSPS) is 9.53. The van der Waals surface area contributed by atoms with Crippen LogP contribution >= 0.6 is 11.6 Å². The van der Waals surface area contributed by atoms with Crippen molar-refractivity contribution in [2.24, 2.45) is 0 Å². The van der Waals surface area contributed by atoms with Crippen molar-refractivity contribution in [3.8, 4) is 5.75 Å². The number of aryl methyl sites for hydroxylation is 18. The maximum absolute atomic E-state index is 12.3. The minimum Gasteiger partial charge on any atom is -0.496 e. The van der Waals surface area contributed by atoms with Crippen LogP contribution in [0.5, 0.6) is 5.75 Å². The summed E-state index contributed by atoms with van der Waals surface area (Å²) >= 11 is 5.71. The molecule has 0 unspecified atom stereocenters. The first-order valence-corrected chi connectivity index (χ1v) is 33.5. The lowest BCUT2D eigenvalue weighted by molar-refractivity contribution is -0.137. The summed E-state index contributed by atoms with van der Waals surface area (Å²) in [6, 6.07) is 88.4. The van der Waals surface area contributed by atoms with Crippen molar-refractivity contribution in [1.82, 2.24) is 0 Å². The van der Waals surface area contributed by atoms with E-state index in [4.69, 9.17) is 16.3 Å². The quantitative estimate of drug-likeness (QED) is 0.149. The van der Waals surface area contributed by atoms with Gasteiger partial charge in [-0.2, -0.15) is 13.2 Å². The molecule has 12 aromatic rings. The lowest BCUT2D eigenvalue weighted by Gasteiger charge is -2.05. The molecule has 0 aliphatic heterocycles. The molecule has 9 heteroatoms. The van der Waals surface area contributed by atoms with Crippen LogP contribution in [0.1, 0.15) is 106 Å². The van der Waals surface area contributed by atoms with Crippen molar-refractivity contribution in [3.63, 3.8) is 0 Å². The van der Waals surface area contributed by atoms with Crippen LogP contribution in [-0.4, -0.2) is 7.11 Å². The number of rotatable bonds is 1. The van der Waals surface area contributed by atoms with E-state index in [-0.39, 0.29) is 11.6 Å². The number of methoxy groups -OCH3 is 1. The topological polar surface area (TPSA) is 9.23 Å². The van der Waals surface area contributed by atoms with Gasteiger partial charge >= 0.3 is 6.18 Å². The zero-order chi connectivity index (χ0) is 75.9. The molecule has 0 aliphatic carbocycles. The molecule has 0 amide bonds. The van der Waals surface area contributed by atoms with Crippen molar-refractivity contribution in [1.29, 1.82) is 0 Å². The zero-order valence-electron chi connectivity index (χ0n) is 62.6. The van der Waals surface area contributed by atoms with Crippen molar-refractivity contribution in [3.05, 3.63) is 419 Å². The number of benzene rings is 12. The molecule has 0 radical (unpaired) electrons. The summed E-state index contributed by atoms with van der Waals surface area (Å²) in [5.74, 6) is -0.380. The fourth-order valence-corrected chi connectivity index (χ4v) is 8.13. The van der Waals surface area contributed by atoms with Crippen LogP contribution in [0.15, 0.2) is 285 Å². The molecule has 0 saturated carbocycles. The summed E-state index contributed by atoms with van der Waals surface area (Å²) in [5, 5.41) is 0.840. The van der Waals surface area contributed by atoms with Gasteiger partial charge in [0.1, 0.15) is 29.0 Å². The predicted molar refractivity (Wildman–Crippen MR) is 419 cm³/mol. The lowest BCUT2D eigenvalue weighted by Crippen LogP contribution is -2.04. The van der Waals surface area contributed by atoms with Gasteiger partial charge in [0.25, 0.3) is 0 Å². The molecule has 0 N–H and O–H groups in total. The molecule has 0 fully saturated rings. The maximum atomic E-state index is 12.3. The zero-order valence-corrected chi connectivity index (χ0v) is 63.3. The molecule has 0 spiro atoms. The fraction of sp³-hybridized carbons (Fsp3) is 0.217. The summed E-state index contributed by atoms with van der Waals surface area (Å²) in [6.07, 6.45) is -4.22. The number of halogens is 8. The number of hydrogen-bond donors (Lipinski definition) is 0. The first-order valence-electron chi connectivity index (χ1n) is 33.2. The standard InChI is InChI=1S/C8H7F3.C8H10O.6C8H10.C7H7Cl.C7H6F2.2C7H7F/c1-6-3-2-4-7(5-6)8(9,10)11;1-7-5-3-4-6-8(7)9-2;5*1-7-3-5-8(2)6-4-7;1-7-4-3-5-8(2)6-7;1-6-4-2-3-5-7(6)8;1-5-2-6(8)4-7(9)3-5;1-6-3-2-4-7(8)5-6;1-6-4-2-3-5-7(6)8/h2-5H,1H3;3-6H,1-2H3;6*3-6H,1-2H3;2-5H,1H3;2-4H,1H3;2*2-5H,1H3. The van der Waals surface area contributed by atoms with Crippen molar-refractivity contribution in [2.75, 3.05) is 7.11 Å². The third-order valence-corrected chi connectivity index (χ3v) is 14.5. The highest BCUT2D eigenvalue weighted by molar-refractivity contribution is 6.31. The second-order valence-electron chi connectivity index (χ2n) is 24.5. The number of alkyl halides is 3. The van der Waals surface area contributed by atoms with E-state index in [2.05, 4.69) is 229 Å². The Morgan fingerprint density at radius 1 is 0.238 bits per heavy atom. The van der Waals surface area contributed by atoms with E-state index in [0.29, 0.717) is 16.7 Å². The predicted octanol–water partition coefficient (Wildman–Crippen LogP) is 28.0. The van der Waals surface area contributed by atoms with Crippen LogP contribution < -0.4 is 4.74 Å². The summed E-state index contributed by atoms with van der Waals surface area (Å²) in [7, 11) is 1.68. The van der Waals surface area contributed by atoms with Crippen LogP contribution in [0.3, 0.4) is 0 Å². The molecule has 0 heterocycles. The average Bonchev–Trinajstić information content (AvgIpc) is 1.16. The maximum Gasteiger partial charge on any atom is 0.416 e. The first kappa shape index (κ1) is 89.3. The van der Waals surface area contributed by atoms with E-state index in [1.54, 1.807) is 52.1 Å². The minimum atomic E-state index is -4.22. The number of ether oxygens (including phenoxy) is 1. The van der Waals surface area contributed by atoms with Gasteiger partial charge in [-0.15, -0.1) is 0 Å². The Kier molecular flexibility index (Phi) is 44.7. The molecule has 534 valence electrons. The van der Waals surface area contributed by atoms with Gasteiger partial charge in [-0.1, -0.05) is 314 Å². The van der Waals surface area contributed by atoms with Crippen molar-refractivity contribution >= 4 is 11.6 Å². The van der Waals surface area contributed by atoms with E-state index < -0.39 is 23.4 Å². The molecule has 12 rings (SSSR count). The fourth-order valence-electron chi connectivity index (χ4n) is 8.00. The third kappa shape index (κ3) is 46.3. The van der Waals surface area contributed by atoms with Crippen molar-refractivity contribution in [2.45, 2.75) is 131 Å². The third-order valence-electron chi connectivity index (χ3n) is 14.1.